The minimum Gasteiger partial charge on any atom is -0.482 e. The lowest BCUT2D eigenvalue weighted by atomic mass is 10.1. The van der Waals surface area contributed by atoms with E-state index in [0.29, 0.717) is 25.4 Å². The zero-order chi connectivity index (χ0) is 17.4. The van der Waals surface area contributed by atoms with Crippen LogP contribution in [0.15, 0.2) is 29.8 Å². The van der Waals surface area contributed by atoms with Gasteiger partial charge in [0.1, 0.15) is 17.4 Å². The van der Waals surface area contributed by atoms with Gasteiger partial charge in [-0.05, 0) is 43.5 Å². The molecule has 1 aliphatic rings. The number of nitrogens with zero attached hydrogens (tertiary/aromatic N) is 2. The van der Waals surface area contributed by atoms with Crippen LogP contribution in [0.4, 0.5) is 0 Å². The van der Waals surface area contributed by atoms with Gasteiger partial charge in [-0.1, -0.05) is 12.1 Å². The normalized spacial score (nSPS) is 14.2. The molecule has 1 aliphatic heterocycles. The standard InChI is InChI=1S/C18H20N2O4/c1-2-23-17(21)13-24-16-7-5-14(6-8-16)11-15(12-19)18(22)20-9-3-4-10-20/h5-8,11H,2-4,9-10,13H2,1H3/b15-11+. The smallest absolute Gasteiger partial charge is 0.344 e. The van der Waals surface area contributed by atoms with Crippen molar-refractivity contribution in [3.05, 3.63) is 35.4 Å². The fourth-order valence-electron chi connectivity index (χ4n) is 2.40. The molecule has 1 heterocycles. The monoisotopic (exact) mass is 328 g/mol. The SMILES string of the molecule is CCOC(=O)COc1ccc(/C=C(\C#N)C(=O)N2CCCC2)cc1. The molecule has 0 atom stereocenters. The summed E-state index contributed by atoms with van der Waals surface area (Å²) in [7, 11) is 0. The largest absolute Gasteiger partial charge is 0.482 e. The Morgan fingerprint density at radius 2 is 1.92 bits per heavy atom. The first kappa shape index (κ1) is 17.5. The molecule has 0 unspecified atom stereocenters. The van der Waals surface area contributed by atoms with E-state index in [-0.39, 0.29) is 18.1 Å². The van der Waals surface area contributed by atoms with Crippen molar-refractivity contribution in [1.82, 2.24) is 4.90 Å². The topological polar surface area (TPSA) is 79.6 Å². The Labute approximate surface area is 141 Å². The Morgan fingerprint density at radius 3 is 2.50 bits per heavy atom. The summed E-state index contributed by atoms with van der Waals surface area (Å²) in [4.78, 5) is 25.2. The third-order valence-electron chi connectivity index (χ3n) is 3.60. The number of hydrogen-bond acceptors (Lipinski definition) is 5. The average Bonchev–Trinajstić information content (AvgIpc) is 3.13. The lowest BCUT2D eigenvalue weighted by Crippen LogP contribution is -2.28. The highest BCUT2D eigenvalue weighted by molar-refractivity contribution is 6.01. The average molecular weight is 328 g/mol. The number of carbonyl (C=O) groups is 2. The molecular weight excluding hydrogens is 308 g/mol. The summed E-state index contributed by atoms with van der Waals surface area (Å²) in [5.41, 5.74) is 0.847. The van der Waals surface area contributed by atoms with E-state index in [4.69, 9.17) is 9.47 Å². The molecular formula is C18H20N2O4. The van der Waals surface area contributed by atoms with E-state index in [0.717, 1.165) is 18.4 Å². The van der Waals surface area contributed by atoms with E-state index in [1.165, 1.54) is 0 Å². The maximum Gasteiger partial charge on any atom is 0.344 e. The molecule has 1 saturated heterocycles. The molecule has 126 valence electrons. The maximum atomic E-state index is 12.2. The molecule has 0 bridgehead atoms. The van der Waals surface area contributed by atoms with Gasteiger partial charge in [0.05, 0.1) is 6.61 Å². The highest BCUT2D eigenvalue weighted by atomic mass is 16.6. The van der Waals surface area contributed by atoms with Crippen LogP contribution < -0.4 is 4.74 Å². The fraction of sp³-hybridized carbons (Fsp3) is 0.389. The highest BCUT2D eigenvalue weighted by Gasteiger charge is 2.21. The van der Waals surface area contributed by atoms with E-state index in [2.05, 4.69) is 0 Å². The van der Waals surface area contributed by atoms with Gasteiger partial charge in [0.15, 0.2) is 6.61 Å². The number of amides is 1. The first-order chi connectivity index (χ1) is 11.6. The van der Waals surface area contributed by atoms with Gasteiger partial charge in [0, 0.05) is 13.1 Å². The number of carbonyl (C=O) groups excluding carboxylic acids is 2. The first-order valence-corrected chi connectivity index (χ1v) is 7.93. The van der Waals surface area contributed by atoms with Crippen molar-refractivity contribution in [2.24, 2.45) is 0 Å². The molecule has 1 aromatic carbocycles. The number of nitriles is 1. The van der Waals surface area contributed by atoms with Crippen LogP contribution in [0.2, 0.25) is 0 Å². The minimum atomic E-state index is -0.426. The molecule has 0 aromatic heterocycles. The summed E-state index contributed by atoms with van der Waals surface area (Å²) in [6.45, 7) is 3.31. The molecule has 24 heavy (non-hydrogen) atoms. The van der Waals surface area contributed by atoms with Crippen LogP contribution in [-0.2, 0) is 14.3 Å². The number of rotatable bonds is 6. The van der Waals surface area contributed by atoms with Crippen molar-refractivity contribution < 1.29 is 19.1 Å². The number of likely N-dealkylation sites (tertiary alicyclic amines) is 1. The molecule has 0 aliphatic carbocycles. The van der Waals surface area contributed by atoms with Crippen molar-refractivity contribution in [3.8, 4) is 11.8 Å². The Bertz CT molecular complexity index is 653. The Kier molecular flexibility index (Phi) is 6.38. The van der Waals surface area contributed by atoms with Crippen LogP contribution >= 0.6 is 0 Å². The summed E-state index contributed by atoms with van der Waals surface area (Å²) >= 11 is 0. The molecule has 0 N–H and O–H groups in total. The van der Waals surface area contributed by atoms with E-state index in [1.807, 2.05) is 6.07 Å². The van der Waals surface area contributed by atoms with E-state index in [1.54, 1.807) is 42.2 Å². The third kappa shape index (κ3) is 4.85. The molecule has 6 heteroatoms. The second-order valence-corrected chi connectivity index (χ2v) is 5.33. The van der Waals surface area contributed by atoms with Gasteiger partial charge in [-0.25, -0.2) is 4.79 Å². The van der Waals surface area contributed by atoms with Gasteiger partial charge >= 0.3 is 5.97 Å². The van der Waals surface area contributed by atoms with Gasteiger partial charge in [0.2, 0.25) is 0 Å². The quantitative estimate of drug-likeness (QED) is 0.454. The highest BCUT2D eigenvalue weighted by Crippen LogP contribution is 2.17. The second-order valence-electron chi connectivity index (χ2n) is 5.33. The van der Waals surface area contributed by atoms with Crippen LogP contribution in [0.5, 0.6) is 5.75 Å². The van der Waals surface area contributed by atoms with Gasteiger partial charge in [-0.3, -0.25) is 4.79 Å². The van der Waals surface area contributed by atoms with E-state index in [9.17, 15) is 14.9 Å². The number of benzene rings is 1. The number of hydrogen-bond donors (Lipinski definition) is 0. The van der Waals surface area contributed by atoms with Crippen molar-refractivity contribution in [3.63, 3.8) is 0 Å². The molecule has 1 fully saturated rings. The Balaban J connectivity index is 1.99. The maximum absolute atomic E-state index is 12.2. The molecule has 1 aromatic rings. The summed E-state index contributed by atoms with van der Waals surface area (Å²) in [6.07, 6.45) is 3.53. The predicted molar refractivity (Wildman–Crippen MR) is 88.0 cm³/mol. The fourth-order valence-corrected chi connectivity index (χ4v) is 2.40. The van der Waals surface area contributed by atoms with Crippen LogP contribution in [-0.4, -0.2) is 43.1 Å². The zero-order valence-corrected chi connectivity index (χ0v) is 13.7. The van der Waals surface area contributed by atoms with Crippen molar-refractivity contribution in [2.75, 3.05) is 26.3 Å². The third-order valence-corrected chi connectivity index (χ3v) is 3.60. The lowest BCUT2D eigenvalue weighted by Gasteiger charge is -2.14. The van der Waals surface area contributed by atoms with Crippen molar-refractivity contribution >= 4 is 18.0 Å². The minimum absolute atomic E-state index is 0.122. The molecule has 1 amide bonds. The van der Waals surface area contributed by atoms with Crippen LogP contribution in [0.1, 0.15) is 25.3 Å². The van der Waals surface area contributed by atoms with Gasteiger partial charge in [0.25, 0.3) is 5.91 Å². The molecule has 0 saturated carbocycles. The van der Waals surface area contributed by atoms with Crippen molar-refractivity contribution in [1.29, 1.82) is 5.26 Å². The molecule has 0 radical (unpaired) electrons. The van der Waals surface area contributed by atoms with Gasteiger partial charge in [-0.2, -0.15) is 5.26 Å². The Morgan fingerprint density at radius 1 is 1.25 bits per heavy atom. The zero-order valence-electron chi connectivity index (χ0n) is 13.7. The second kappa shape index (κ2) is 8.73. The summed E-state index contributed by atoms with van der Waals surface area (Å²) in [5.74, 6) is -0.133. The summed E-state index contributed by atoms with van der Waals surface area (Å²) < 4.78 is 10.1. The molecule has 0 spiro atoms. The summed E-state index contributed by atoms with van der Waals surface area (Å²) in [6, 6.07) is 8.80. The van der Waals surface area contributed by atoms with E-state index < -0.39 is 5.97 Å². The Hall–Kier alpha value is -2.81. The number of ether oxygens (including phenoxy) is 2. The van der Waals surface area contributed by atoms with Crippen LogP contribution in [0, 0.1) is 11.3 Å². The summed E-state index contributed by atoms with van der Waals surface area (Å²) in [5, 5.41) is 9.23. The number of esters is 1. The molecule has 6 nitrogen and oxygen atoms in total. The van der Waals surface area contributed by atoms with Crippen molar-refractivity contribution in [2.45, 2.75) is 19.8 Å². The van der Waals surface area contributed by atoms with Crippen LogP contribution in [0.25, 0.3) is 6.08 Å². The van der Waals surface area contributed by atoms with Gasteiger partial charge < -0.3 is 14.4 Å². The van der Waals surface area contributed by atoms with E-state index >= 15 is 0 Å². The first-order valence-electron chi connectivity index (χ1n) is 7.93. The lowest BCUT2D eigenvalue weighted by molar-refractivity contribution is -0.145. The van der Waals surface area contributed by atoms with Gasteiger partial charge in [-0.15, -0.1) is 0 Å². The molecule has 2 rings (SSSR count). The predicted octanol–water partition coefficient (Wildman–Crippen LogP) is 2.16. The van der Waals surface area contributed by atoms with Crippen LogP contribution in [0.3, 0.4) is 0 Å².